The van der Waals surface area contributed by atoms with Crippen molar-refractivity contribution in [3.8, 4) is 16.9 Å². The minimum Gasteiger partial charge on any atom is -0.494 e. The van der Waals surface area contributed by atoms with E-state index in [1.54, 1.807) is 12.1 Å². The van der Waals surface area contributed by atoms with Crippen LogP contribution in [0.3, 0.4) is 0 Å². The molecule has 0 spiro atoms. The summed E-state index contributed by atoms with van der Waals surface area (Å²) in [5.74, 6) is -0.256. The van der Waals surface area contributed by atoms with Crippen LogP contribution in [0.15, 0.2) is 48.5 Å². The van der Waals surface area contributed by atoms with Crippen molar-refractivity contribution in [3.63, 3.8) is 0 Å². The van der Waals surface area contributed by atoms with Crippen LogP contribution in [-0.4, -0.2) is 38.6 Å². The van der Waals surface area contributed by atoms with Crippen LogP contribution < -0.4 is 4.74 Å². The number of esters is 1. The number of carbonyl (C=O) groups is 1. The highest BCUT2D eigenvalue weighted by molar-refractivity contribution is 5.90. The van der Waals surface area contributed by atoms with Crippen LogP contribution in [0.1, 0.15) is 55.8 Å². The van der Waals surface area contributed by atoms with Gasteiger partial charge in [0.15, 0.2) is 0 Å². The van der Waals surface area contributed by atoms with Gasteiger partial charge in [-0.2, -0.15) is 13.2 Å². The summed E-state index contributed by atoms with van der Waals surface area (Å²) in [6.45, 7) is 2.14. The van der Waals surface area contributed by atoms with E-state index in [0.29, 0.717) is 6.61 Å². The van der Waals surface area contributed by atoms with E-state index >= 15 is 0 Å². The third-order valence-corrected chi connectivity index (χ3v) is 5.01. The van der Waals surface area contributed by atoms with Gasteiger partial charge in [0.05, 0.1) is 18.8 Å². The van der Waals surface area contributed by atoms with Crippen LogP contribution >= 0.6 is 0 Å². The normalized spacial score (nSPS) is 12.4. The number of methoxy groups -OCH3 is 1. The molecule has 32 heavy (non-hydrogen) atoms. The molecule has 4 nitrogen and oxygen atoms in total. The average Bonchev–Trinajstić information content (AvgIpc) is 2.78. The summed E-state index contributed by atoms with van der Waals surface area (Å²) < 4.78 is 53.5. The van der Waals surface area contributed by atoms with Crippen molar-refractivity contribution >= 4 is 5.97 Å². The van der Waals surface area contributed by atoms with Crippen LogP contribution in [0.4, 0.5) is 13.2 Å². The molecule has 1 unspecified atom stereocenters. The zero-order valence-corrected chi connectivity index (χ0v) is 18.6. The van der Waals surface area contributed by atoms with Gasteiger partial charge in [-0.15, -0.1) is 0 Å². The monoisotopic (exact) mass is 452 g/mol. The first kappa shape index (κ1) is 25.7. The Labute approximate surface area is 187 Å². The van der Waals surface area contributed by atoms with Crippen molar-refractivity contribution in [2.45, 2.75) is 57.7 Å². The molecule has 0 amide bonds. The number of hydrogen-bond acceptors (Lipinski definition) is 4. The molecule has 0 fully saturated rings. The molecule has 2 aromatic carbocycles. The number of hydrogen-bond donors (Lipinski definition) is 0. The molecule has 0 saturated heterocycles. The standard InChI is InChI=1S/C25H31F3O4/c1-3-4-5-6-7-8-17-31-22-15-13-20(14-16-22)19-9-11-21(12-10-19)24(29)32-23(18-30-2)25(26,27)28/h9-16,23H,3-8,17-18H2,1-2H3. The fourth-order valence-electron chi connectivity index (χ4n) is 3.16. The van der Waals surface area contributed by atoms with Crippen molar-refractivity contribution in [1.82, 2.24) is 0 Å². The second-order valence-corrected chi connectivity index (χ2v) is 7.61. The number of carbonyl (C=O) groups excluding carboxylic acids is 1. The van der Waals surface area contributed by atoms with Gasteiger partial charge in [-0.25, -0.2) is 4.79 Å². The summed E-state index contributed by atoms with van der Waals surface area (Å²) in [4.78, 5) is 12.1. The summed E-state index contributed by atoms with van der Waals surface area (Å²) in [6, 6.07) is 13.8. The van der Waals surface area contributed by atoms with Crippen molar-refractivity contribution in [3.05, 3.63) is 54.1 Å². The third-order valence-electron chi connectivity index (χ3n) is 5.01. The second kappa shape index (κ2) is 13.1. The van der Waals surface area contributed by atoms with E-state index in [4.69, 9.17) is 4.74 Å². The van der Waals surface area contributed by atoms with E-state index in [0.717, 1.165) is 30.4 Å². The van der Waals surface area contributed by atoms with Crippen molar-refractivity contribution in [2.24, 2.45) is 0 Å². The fraction of sp³-hybridized carbons (Fsp3) is 0.480. The van der Waals surface area contributed by atoms with Crippen LogP contribution in [0.2, 0.25) is 0 Å². The smallest absolute Gasteiger partial charge is 0.427 e. The molecule has 0 N–H and O–H groups in total. The van der Waals surface area contributed by atoms with Gasteiger partial charge in [0.1, 0.15) is 5.75 Å². The largest absolute Gasteiger partial charge is 0.494 e. The molecule has 1 atom stereocenters. The summed E-state index contributed by atoms with van der Waals surface area (Å²) in [7, 11) is 1.12. The molecule has 0 bridgehead atoms. The average molecular weight is 453 g/mol. The topological polar surface area (TPSA) is 44.8 Å². The quantitative estimate of drug-likeness (QED) is 0.247. The van der Waals surface area contributed by atoms with E-state index in [9.17, 15) is 18.0 Å². The molecular formula is C25H31F3O4. The Kier molecular flexibility index (Phi) is 10.5. The van der Waals surface area contributed by atoms with E-state index in [1.165, 1.54) is 44.2 Å². The lowest BCUT2D eigenvalue weighted by molar-refractivity contribution is -0.215. The van der Waals surface area contributed by atoms with Crippen molar-refractivity contribution in [2.75, 3.05) is 20.3 Å². The minimum absolute atomic E-state index is 0.0398. The molecular weight excluding hydrogens is 421 g/mol. The number of halogens is 3. The zero-order valence-electron chi connectivity index (χ0n) is 18.6. The first-order chi connectivity index (χ1) is 15.3. The molecule has 2 rings (SSSR count). The summed E-state index contributed by atoms with van der Waals surface area (Å²) in [5.41, 5.74) is 1.77. The van der Waals surface area contributed by atoms with E-state index in [-0.39, 0.29) is 5.56 Å². The van der Waals surface area contributed by atoms with E-state index in [2.05, 4.69) is 16.4 Å². The molecule has 0 aliphatic carbocycles. The molecule has 0 radical (unpaired) electrons. The first-order valence-electron chi connectivity index (χ1n) is 10.9. The highest BCUT2D eigenvalue weighted by atomic mass is 19.4. The van der Waals surface area contributed by atoms with Crippen LogP contribution in [0.5, 0.6) is 5.75 Å². The van der Waals surface area contributed by atoms with Crippen LogP contribution in [0.25, 0.3) is 11.1 Å². The molecule has 0 aliphatic heterocycles. The Hall–Kier alpha value is -2.54. The lowest BCUT2D eigenvalue weighted by Gasteiger charge is -2.19. The van der Waals surface area contributed by atoms with Gasteiger partial charge in [-0.1, -0.05) is 63.3 Å². The number of rotatable bonds is 13. The fourth-order valence-corrected chi connectivity index (χ4v) is 3.16. The molecule has 0 saturated carbocycles. The highest BCUT2D eigenvalue weighted by Gasteiger charge is 2.43. The van der Waals surface area contributed by atoms with Gasteiger partial charge < -0.3 is 14.2 Å². The summed E-state index contributed by atoms with van der Waals surface area (Å²) in [6.07, 6.45) is 0.244. The maximum absolute atomic E-state index is 12.9. The Morgan fingerprint density at radius 2 is 1.44 bits per heavy atom. The predicted octanol–water partition coefficient (Wildman–Crippen LogP) is 6.83. The Morgan fingerprint density at radius 3 is 2.00 bits per heavy atom. The van der Waals surface area contributed by atoms with Crippen molar-refractivity contribution < 1.29 is 32.2 Å². The third kappa shape index (κ3) is 8.54. The maximum atomic E-state index is 12.9. The van der Waals surface area contributed by atoms with Crippen LogP contribution in [-0.2, 0) is 9.47 Å². The van der Waals surface area contributed by atoms with E-state index in [1.807, 2.05) is 24.3 Å². The number of unbranched alkanes of at least 4 members (excludes halogenated alkanes) is 5. The number of benzene rings is 2. The van der Waals surface area contributed by atoms with Gasteiger partial charge in [-0.05, 0) is 41.8 Å². The van der Waals surface area contributed by atoms with Gasteiger partial charge in [0, 0.05) is 7.11 Å². The van der Waals surface area contributed by atoms with Gasteiger partial charge in [0.25, 0.3) is 0 Å². The second-order valence-electron chi connectivity index (χ2n) is 7.61. The maximum Gasteiger partial charge on any atom is 0.427 e. The first-order valence-corrected chi connectivity index (χ1v) is 10.9. The summed E-state index contributed by atoms with van der Waals surface area (Å²) >= 11 is 0. The lowest BCUT2D eigenvalue weighted by Crippen LogP contribution is -2.37. The van der Waals surface area contributed by atoms with Gasteiger partial charge in [-0.3, -0.25) is 0 Å². The zero-order chi connectivity index (χ0) is 23.4. The Balaban J connectivity index is 1.87. The Morgan fingerprint density at radius 1 is 0.875 bits per heavy atom. The van der Waals surface area contributed by atoms with Gasteiger partial charge in [0.2, 0.25) is 6.10 Å². The highest BCUT2D eigenvalue weighted by Crippen LogP contribution is 2.26. The van der Waals surface area contributed by atoms with Crippen LogP contribution in [0, 0.1) is 0 Å². The Bertz CT molecular complexity index is 801. The molecule has 0 heterocycles. The predicted molar refractivity (Wildman–Crippen MR) is 118 cm³/mol. The van der Waals surface area contributed by atoms with Crippen molar-refractivity contribution in [1.29, 1.82) is 0 Å². The molecule has 0 aromatic heterocycles. The molecule has 176 valence electrons. The summed E-state index contributed by atoms with van der Waals surface area (Å²) in [5, 5.41) is 0. The number of alkyl halides is 3. The molecule has 2 aromatic rings. The molecule has 0 aliphatic rings. The van der Waals surface area contributed by atoms with Gasteiger partial charge >= 0.3 is 12.1 Å². The lowest BCUT2D eigenvalue weighted by atomic mass is 10.0. The molecule has 7 heteroatoms. The number of ether oxygens (including phenoxy) is 3. The van der Waals surface area contributed by atoms with E-state index < -0.39 is 24.9 Å². The minimum atomic E-state index is -4.69. The SMILES string of the molecule is CCCCCCCCOc1ccc(-c2ccc(C(=O)OC(COC)C(F)(F)F)cc2)cc1.